The van der Waals surface area contributed by atoms with Gasteiger partial charge in [-0.2, -0.15) is 0 Å². The van der Waals surface area contributed by atoms with E-state index in [2.05, 4.69) is 0 Å². The van der Waals surface area contributed by atoms with Crippen LogP contribution in [-0.4, -0.2) is 12.6 Å². The summed E-state index contributed by atoms with van der Waals surface area (Å²) in [6, 6.07) is 7.43. The van der Waals surface area contributed by atoms with E-state index < -0.39 is 5.41 Å². The maximum Gasteiger partial charge on any atom is 0.315 e. The molecule has 2 N–H and O–H groups in total. The van der Waals surface area contributed by atoms with Crippen LogP contribution in [0.2, 0.25) is 0 Å². The van der Waals surface area contributed by atoms with Crippen LogP contribution in [0.5, 0.6) is 0 Å². The molecular formula is C16H23NO2. The molecule has 0 aliphatic heterocycles. The van der Waals surface area contributed by atoms with Crippen molar-refractivity contribution in [3.05, 3.63) is 29.8 Å². The summed E-state index contributed by atoms with van der Waals surface area (Å²) in [6.45, 7) is 4.36. The lowest BCUT2D eigenvalue weighted by Crippen LogP contribution is -2.32. The summed E-state index contributed by atoms with van der Waals surface area (Å²) in [7, 11) is 0. The Balaban J connectivity index is 1.97. The van der Waals surface area contributed by atoms with Gasteiger partial charge in [-0.15, -0.1) is 0 Å². The molecule has 0 saturated heterocycles. The van der Waals surface area contributed by atoms with Crippen LogP contribution in [0.3, 0.4) is 0 Å². The summed E-state index contributed by atoms with van der Waals surface area (Å²) >= 11 is 0. The number of hydrogen-bond acceptors (Lipinski definition) is 3. The van der Waals surface area contributed by atoms with Crippen molar-refractivity contribution in [3.8, 4) is 0 Å². The molecule has 1 aromatic rings. The van der Waals surface area contributed by atoms with Crippen molar-refractivity contribution in [3.63, 3.8) is 0 Å². The molecule has 3 nitrogen and oxygen atoms in total. The number of anilines is 1. The summed E-state index contributed by atoms with van der Waals surface area (Å²) in [4.78, 5) is 12.3. The molecule has 1 fully saturated rings. The Hall–Kier alpha value is -1.51. The van der Waals surface area contributed by atoms with E-state index in [9.17, 15) is 4.79 Å². The Kier molecular flexibility index (Phi) is 4.13. The molecule has 3 heteroatoms. The SMILES string of the molecule is CC(C)(C(=O)OCC1CCCC1)c1ccc(N)cc1. The third-order valence-corrected chi connectivity index (χ3v) is 4.07. The van der Waals surface area contributed by atoms with Gasteiger partial charge in [-0.25, -0.2) is 0 Å². The molecular weight excluding hydrogens is 238 g/mol. The molecule has 0 atom stereocenters. The second-order valence-electron chi connectivity index (χ2n) is 6.00. The van der Waals surface area contributed by atoms with Crippen molar-refractivity contribution in [1.82, 2.24) is 0 Å². The zero-order valence-corrected chi connectivity index (χ0v) is 11.8. The average molecular weight is 261 g/mol. The summed E-state index contributed by atoms with van der Waals surface area (Å²) < 4.78 is 5.51. The molecule has 2 rings (SSSR count). The highest BCUT2D eigenvalue weighted by Crippen LogP contribution is 2.28. The number of hydrogen-bond donors (Lipinski definition) is 1. The number of esters is 1. The topological polar surface area (TPSA) is 52.3 Å². The zero-order valence-electron chi connectivity index (χ0n) is 11.8. The zero-order chi connectivity index (χ0) is 13.9. The van der Waals surface area contributed by atoms with Gasteiger partial charge in [-0.3, -0.25) is 4.79 Å². The minimum Gasteiger partial charge on any atom is -0.465 e. The molecule has 104 valence electrons. The van der Waals surface area contributed by atoms with Gasteiger partial charge in [0.15, 0.2) is 0 Å². The fourth-order valence-corrected chi connectivity index (χ4v) is 2.57. The fourth-order valence-electron chi connectivity index (χ4n) is 2.57. The number of rotatable bonds is 4. The molecule has 19 heavy (non-hydrogen) atoms. The first-order chi connectivity index (χ1) is 9.00. The lowest BCUT2D eigenvalue weighted by molar-refractivity contribution is -0.150. The molecule has 0 aromatic heterocycles. The minimum atomic E-state index is -0.619. The minimum absolute atomic E-state index is 0.149. The standard InChI is InChI=1S/C16H23NO2/c1-16(2,13-7-9-14(17)10-8-13)15(18)19-11-12-5-3-4-6-12/h7-10,12H,3-6,11,17H2,1-2H3. The lowest BCUT2D eigenvalue weighted by Gasteiger charge is -2.24. The normalized spacial score (nSPS) is 16.5. The van der Waals surface area contributed by atoms with E-state index in [1.165, 1.54) is 25.7 Å². The van der Waals surface area contributed by atoms with Crippen molar-refractivity contribution < 1.29 is 9.53 Å². The van der Waals surface area contributed by atoms with Crippen LogP contribution in [0.15, 0.2) is 24.3 Å². The molecule has 0 radical (unpaired) electrons. The van der Waals surface area contributed by atoms with Crippen LogP contribution in [-0.2, 0) is 14.9 Å². The van der Waals surface area contributed by atoms with E-state index in [0.717, 1.165) is 5.56 Å². The number of carbonyl (C=O) groups is 1. The van der Waals surface area contributed by atoms with Gasteiger partial charge in [0.05, 0.1) is 12.0 Å². The number of nitrogen functional groups attached to an aromatic ring is 1. The molecule has 0 bridgehead atoms. The first kappa shape index (κ1) is 13.9. The number of carbonyl (C=O) groups excluding carboxylic acids is 1. The highest BCUT2D eigenvalue weighted by Gasteiger charge is 2.32. The first-order valence-corrected chi connectivity index (χ1v) is 7.03. The molecule has 1 aliphatic carbocycles. The summed E-state index contributed by atoms with van der Waals surface area (Å²) in [5.74, 6) is 0.412. The highest BCUT2D eigenvalue weighted by molar-refractivity contribution is 5.82. The number of benzene rings is 1. The van der Waals surface area contributed by atoms with Gasteiger partial charge >= 0.3 is 5.97 Å². The maximum atomic E-state index is 12.3. The largest absolute Gasteiger partial charge is 0.465 e. The summed E-state index contributed by atoms with van der Waals surface area (Å²) in [6.07, 6.45) is 4.91. The average Bonchev–Trinajstić information content (AvgIpc) is 2.89. The molecule has 0 amide bonds. The predicted molar refractivity (Wildman–Crippen MR) is 76.8 cm³/mol. The van der Waals surface area contributed by atoms with E-state index in [-0.39, 0.29) is 5.97 Å². The van der Waals surface area contributed by atoms with Gasteiger partial charge in [-0.05, 0) is 50.3 Å². The third-order valence-electron chi connectivity index (χ3n) is 4.07. The monoisotopic (exact) mass is 261 g/mol. The second-order valence-corrected chi connectivity index (χ2v) is 6.00. The Morgan fingerprint density at radius 3 is 2.42 bits per heavy atom. The van der Waals surface area contributed by atoms with Gasteiger partial charge in [-0.1, -0.05) is 25.0 Å². The molecule has 1 saturated carbocycles. The Morgan fingerprint density at radius 1 is 1.26 bits per heavy atom. The van der Waals surface area contributed by atoms with E-state index in [1.807, 2.05) is 38.1 Å². The summed E-state index contributed by atoms with van der Waals surface area (Å²) in [5.41, 5.74) is 6.70. The number of nitrogens with two attached hydrogens (primary N) is 1. The van der Waals surface area contributed by atoms with Gasteiger partial charge in [0.25, 0.3) is 0 Å². The Bertz CT molecular complexity index is 431. The van der Waals surface area contributed by atoms with Gasteiger partial charge in [0.2, 0.25) is 0 Å². The van der Waals surface area contributed by atoms with Crippen LogP contribution in [0.4, 0.5) is 5.69 Å². The molecule has 1 aromatic carbocycles. The molecule has 1 aliphatic rings. The smallest absolute Gasteiger partial charge is 0.315 e. The van der Waals surface area contributed by atoms with Crippen molar-refractivity contribution in [2.45, 2.75) is 44.9 Å². The van der Waals surface area contributed by atoms with Crippen LogP contribution in [0, 0.1) is 5.92 Å². The van der Waals surface area contributed by atoms with Crippen molar-refractivity contribution in [2.75, 3.05) is 12.3 Å². The van der Waals surface area contributed by atoms with Crippen LogP contribution < -0.4 is 5.73 Å². The Morgan fingerprint density at radius 2 is 1.84 bits per heavy atom. The van der Waals surface area contributed by atoms with Crippen LogP contribution in [0.25, 0.3) is 0 Å². The van der Waals surface area contributed by atoms with Crippen molar-refractivity contribution in [2.24, 2.45) is 5.92 Å². The maximum absolute atomic E-state index is 12.3. The van der Waals surface area contributed by atoms with E-state index in [4.69, 9.17) is 10.5 Å². The fraction of sp³-hybridized carbons (Fsp3) is 0.562. The van der Waals surface area contributed by atoms with Crippen LogP contribution in [0.1, 0.15) is 45.1 Å². The molecule has 0 heterocycles. The quantitative estimate of drug-likeness (QED) is 0.668. The van der Waals surface area contributed by atoms with Crippen LogP contribution >= 0.6 is 0 Å². The Labute approximate surface area is 115 Å². The second kappa shape index (κ2) is 5.64. The highest BCUT2D eigenvalue weighted by atomic mass is 16.5. The van der Waals surface area contributed by atoms with E-state index in [1.54, 1.807) is 0 Å². The van der Waals surface area contributed by atoms with Gasteiger partial charge < -0.3 is 10.5 Å². The first-order valence-electron chi connectivity index (χ1n) is 7.03. The number of ether oxygens (including phenoxy) is 1. The van der Waals surface area contributed by atoms with Gasteiger partial charge in [0, 0.05) is 5.69 Å². The van der Waals surface area contributed by atoms with Crippen molar-refractivity contribution in [1.29, 1.82) is 0 Å². The van der Waals surface area contributed by atoms with Crippen molar-refractivity contribution >= 4 is 11.7 Å². The lowest BCUT2D eigenvalue weighted by atomic mass is 9.84. The van der Waals surface area contributed by atoms with Gasteiger partial charge in [0.1, 0.15) is 0 Å². The molecule has 0 spiro atoms. The van der Waals surface area contributed by atoms with E-state index >= 15 is 0 Å². The molecule has 0 unspecified atom stereocenters. The van der Waals surface area contributed by atoms with E-state index in [0.29, 0.717) is 18.2 Å². The predicted octanol–water partition coefficient (Wildman–Crippen LogP) is 3.28. The summed E-state index contributed by atoms with van der Waals surface area (Å²) in [5, 5.41) is 0. The third kappa shape index (κ3) is 3.28.